The fourth-order valence-corrected chi connectivity index (χ4v) is 1.53. The first-order valence-electron chi connectivity index (χ1n) is 4.85. The third-order valence-corrected chi connectivity index (χ3v) is 2.35. The van der Waals surface area contributed by atoms with Crippen molar-refractivity contribution >= 4 is 0 Å². The second-order valence-electron chi connectivity index (χ2n) is 3.66. The third kappa shape index (κ3) is 2.80. The Morgan fingerprint density at radius 3 is 2.71 bits per heavy atom. The van der Waals surface area contributed by atoms with Crippen LogP contribution in [-0.2, 0) is 0 Å². The monoisotopic (exact) mass is 190 g/mol. The molecule has 0 spiro atoms. The van der Waals surface area contributed by atoms with Crippen molar-refractivity contribution < 1.29 is 0 Å². The molecule has 0 aliphatic heterocycles. The highest BCUT2D eigenvalue weighted by atomic mass is 15.0. The molecular weight excluding hydrogens is 172 g/mol. The summed E-state index contributed by atoms with van der Waals surface area (Å²) in [6.45, 7) is 8.75. The van der Waals surface area contributed by atoms with Gasteiger partial charge in [0.15, 0.2) is 0 Å². The van der Waals surface area contributed by atoms with Gasteiger partial charge in [-0.15, -0.1) is 0 Å². The maximum atomic E-state index is 5.45. The molecule has 3 N–H and O–H groups in total. The molecule has 1 aromatic rings. The van der Waals surface area contributed by atoms with Crippen molar-refractivity contribution in [3.63, 3.8) is 0 Å². The maximum absolute atomic E-state index is 5.45. The van der Waals surface area contributed by atoms with E-state index >= 15 is 0 Å². The average molecular weight is 190 g/mol. The predicted molar refractivity (Wildman–Crippen MR) is 60.9 cm³/mol. The summed E-state index contributed by atoms with van der Waals surface area (Å²) in [5.74, 6) is 0.988. The minimum Gasteiger partial charge on any atom is -0.386 e. The lowest BCUT2D eigenvalue weighted by atomic mass is 9.96. The second kappa shape index (κ2) is 4.70. The van der Waals surface area contributed by atoms with Crippen LogP contribution < -0.4 is 11.1 Å². The minimum atomic E-state index is 0.455. The highest BCUT2D eigenvalue weighted by Crippen LogP contribution is 2.18. The SMILES string of the molecule is C=C(N)NCC(C)c1ccccc1C. The number of aryl methyl sites for hydroxylation is 1. The van der Waals surface area contributed by atoms with Crippen LogP contribution >= 0.6 is 0 Å². The molecule has 0 saturated carbocycles. The normalized spacial score (nSPS) is 12.1. The van der Waals surface area contributed by atoms with Crippen LogP contribution in [-0.4, -0.2) is 6.54 Å². The van der Waals surface area contributed by atoms with Crippen LogP contribution in [0, 0.1) is 6.92 Å². The maximum Gasteiger partial charge on any atom is 0.0886 e. The Morgan fingerprint density at radius 2 is 2.14 bits per heavy atom. The van der Waals surface area contributed by atoms with E-state index in [4.69, 9.17) is 5.73 Å². The van der Waals surface area contributed by atoms with E-state index in [-0.39, 0.29) is 0 Å². The van der Waals surface area contributed by atoms with Gasteiger partial charge >= 0.3 is 0 Å². The number of benzene rings is 1. The van der Waals surface area contributed by atoms with Crippen LogP contribution in [0.4, 0.5) is 0 Å². The van der Waals surface area contributed by atoms with E-state index in [1.807, 2.05) is 0 Å². The first-order valence-corrected chi connectivity index (χ1v) is 4.85. The molecule has 1 unspecified atom stereocenters. The number of rotatable bonds is 4. The summed E-state index contributed by atoms with van der Waals surface area (Å²) in [5.41, 5.74) is 8.14. The van der Waals surface area contributed by atoms with Gasteiger partial charge in [0.05, 0.1) is 5.82 Å². The summed E-state index contributed by atoms with van der Waals surface area (Å²) in [7, 11) is 0. The van der Waals surface area contributed by atoms with Crippen LogP contribution in [0.5, 0.6) is 0 Å². The van der Waals surface area contributed by atoms with Crippen LogP contribution in [0.3, 0.4) is 0 Å². The molecule has 0 aliphatic carbocycles. The van der Waals surface area contributed by atoms with Crippen molar-refractivity contribution in [2.45, 2.75) is 19.8 Å². The van der Waals surface area contributed by atoms with Gasteiger partial charge in [-0.2, -0.15) is 0 Å². The number of nitrogens with one attached hydrogen (secondary N) is 1. The lowest BCUT2D eigenvalue weighted by molar-refractivity contribution is 0.672. The Hall–Kier alpha value is -1.44. The zero-order valence-corrected chi connectivity index (χ0v) is 8.88. The van der Waals surface area contributed by atoms with Crippen LogP contribution in [0.25, 0.3) is 0 Å². The molecule has 2 heteroatoms. The van der Waals surface area contributed by atoms with E-state index in [1.54, 1.807) is 0 Å². The van der Waals surface area contributed by atoms with Gasteiger partial charge in [0.2, 0.25) is 0 Å². The zero-order chi connectivity index (χ0) is 10.6. The van der Waals surface area contributed by atoms with Gasteiger partial charge < -0.3 is 11.1 Å². The average Bonchev–Trinajstić information content (AvgIpc) is 2.15. The first-order chi connectivity index (χ1) is 6.61. The van der Waals surface area contributed by atoms with Gasteiger partial charge in [-0.05, 0) is 24.0 Å². The molecule has 1 aromatic carbocycles. The molecule has 0 aliphatic rings. The van der Waals surface area contributed by atoms with Gasteiger partial charge in [0.25, 0.3) is 0 Å². The lowest BCUT2D eigenvalue weighted by Gasteiger charge is -2.15. The number of nitrogens with two attached hydrogens (primary N) is 1. The summed E-state index contributed by atoms with van der Waals surface area (Å²) in [4.78, 5) is 0. The Morgan fingerprint density at radius 1 is 1.50 bits per heavy atom. The molecule has 0 bridgehead atoms. The molecule has 0 radical (unpaired) electrons. The summed E-state index contributed by atoms with van der Waals surface area (Å²) < 4.78 is 0. The third-order valence-electron chi connectivity index (χ3n) is 2.35. The molecule has 0 fully saturated rings. The summed E-state index contributed by atoms with van der Waals surface area (Å²) >= 11 is 0. The van der Waals surface area contributed by atoms with Gasteiger partial charge in [-0.25, -0.2) is 0 Å². The highest BCUT2D eigenvalue weighted by molar-refractivity contribution is 5.28. The van der Waals surface area contributed by atoms with E-state index in [1.165, 1.54) is 11.1 Å². The van der Waals surface area contributed by atoms with Crippen molar-refractivity contribution in [2.24, 2.45) is 5.73 Å². The van der Waals surface area contributed by atoms with Gasteiger partial charge in [-0.3, -0.25) is 0 Å². The molecule has 0 saturated heterocycles. The highest BCUT2D eigenvalue weighted by Gasteiger charge is 2.06. The topological polar surface area (TPSA) is 38.0 Å². The quantitative estimate of drug-likeness (QED) is 0.763. The fraction of sp³-hybridized carbons (Fsp3) is 0.333. The molecule has 14 heavy (non-hydrogen) atoms. The molecule has 0 amide bonds. The standard InChI is InChI=1S/C12H18N2/c1-9-6-4-5-7-12(9)10(2)8-14-11(3)13/h4-7,10,14H,3,8,13H2,1-2H3. The van der Waals surface area contributed by atoms with E-state index in [2.05, 4.69) is 50.0 Å². The number of hydrogen-bond acceptors (Lipinski definition) is 2. The smallest absolute Gasteiger partial charge is 0.0886 e. The van der Waals surface area contributed by atoms with Crippen LogP contribution in [0.2, 0.25) is 0 Å². The number of hydrogen-bond donors (Lipinski definition) is 2. The Bertz CT molecular complexity index is 318. The molecule has 0 aromatic heterocycles. The van der Waals surface area contributed by atoms with Crippen molar-refractivity contribution in [3.8, 4) is 0 Å². The Kier molecular flexibility index (Phi) is 3.57. The lowest BCUT2D eigenvalue weighted by Crippen LogP contribution is -2.23. The van der Waals surface area contributed by atoms with Crippen LogP contribution in [0.1, 0.15) is 24.0 Å². The molecule has 76 valence electrons. The molecule has 1 atom stereocenters. The summed E-state index contributed by atoms with van der Waals surface area (Å²) in [6.07, 6.45) is 0. The fourth-order valence-electron chi connectivity index (χ4n) is 1.53. The zero-order valence-electron chi connectivity index (χ0n) is 8.88. The molecule has 0 heterocycles. The van der Waals surface area contributed by atoms with Crippen molar-refractivity contribution in [1.29, 1.82) is 0 Å². The first kappa shape index (κ1) is 10.6. The van der Waals surface area contributed by atoms with Gasteiger partial charge in [0, 0.05) is 6.54 Å². The molecular formula is C12H18N2. The van der Waals surface area contributed by atoms with E-state index in [0.717, 1.165) is 6.54 Å². The second-order valence-corrected chi connectivity index (χ2v) is 3.66. The summed E-state index contributed by atoms with van der Waals surface area (Å²) in [6, 6.07) is 8.40. The van der Waals surface area contributed by atoms with E-state index in [9.17, 15) is 0 Å². The van der Waals surface area contributed by atoms with Crippen molar-refractivity contribution in [1.82, 2.24) is 5.32 Å². The Labute approximate surface area is 85.8 Å². The van der Waals surface area contributed by atoms with Crippen LogP contribution in [0.15, 0.2) is 36.7 Å². The van der Waals surface area contributed by atoms with Crippen molar-refractivity contribution in [2.75, 3.05) is 6.54 Å². The van der Waals surface area contributed by atoms with Crippen molar-refractivity contribution in [3.05, 3.63) is 47.8 Å². The summed E-state index contributed by atoms with van der Waals surface area (Å²) in [5, 5.41) is 3.05. The Balaban J connectivity index is 2.65. The van der Waals surface area contributed by atoms with E-state index < -0.39 is 0 Å². The van der Waals surface area contributed by atoms with Gasteiger partial charge in [-0.1, -0.05) is 37.8 Å². The van der Waals surface area contributed by atoms with Gasteiger partial charge in [0.1, 0.15) is 0 Å². The predicted octanol–water partition coefficient (Wildman–Crippen LogP) is 2.12. The molecule has 2 nitrogen and oxygen atoms in total. The molecule has 1 rings (SSSR count). The largest absolute Gasteiger partial charge is 0.386 e. The minimum absolute atomic E-state index is 0.455. The van der Waals surface area contributed by atoms with E-state index in [0.29, 0.717) is 11.7 Å².